The molecular weight excluding hydrogens is 164 g/mol. The first-order valence-electron chi connectivity index (χ1n) is 3.87. The lowest BCUT2D eigenvalue weighted by Crippen LogP contribution is -2.07. The molecule has 0 aliphatic heterocycles. The van der Waals surface area contributed by atoms with Gasteiger partial charge in [0.2, 0.25) is 0 Å². The van der Waals surface area contributed by atoms with Gasteiger partial charge in [-0.25, -0.2) is 0 Å². The van der Waals surface area contributed by atoms with Crippen molar-refractivity contribution < 1.29 is 0 Å². The van der Waals surface area contributed by atoms with Crippen LogP contribution in [0.15, 0.2) is 30.3 Å². The van der Waals surface area contributed by atoms with Gasteiger partial charge in [0.1, 0.15) is 0 Å². The molecule has 0 amide bonds. The molecule has 0 N–H and O–H groups in total. The van der Waals surface area contributed by atoms with Crippen molar-refractivity contribution in [2.45, 2.75) is 19.0 Å². The van der Waals surface area contributed by atoms with E-state index in [1.54, 1.807) is 0 Å². The first kappa shape index (κ1) is 8.75. The van der Waals surface area contributed by atoms with E-state index in [0.29, 0.717) is 0 Å². The van der Waals surface area contributed by atoms with Crippen LogP contribution in [0.4, 0.5) is 0 Å². The summed E-state index contributed by atoms with van der Waals surface area (Å²) in [5, 5.41) is 0. The Bertz CT molecular complexity index is 194. The lowest BCUT2D eigenvalue weighted by atomic mass is 10.2. The summed E-state index contributed by atoms with van der Waals surface area (Å²) in [4.78, 5) is 0. The van der Waals surface area contributed by atoms with E-state index in [0.717, 1.165) is 0 Å². The SMILES string of the molecule is C[Si]([Si])CCc1ccccc1. The number of benzene rings is 1. The maximum Gasteiger partial charge on any atom is 0.0274 e. The van der Waals surface area contributed by atoms with Crippen LogP contribution in [0.1, 0.15) is 5.56 Å². The summed E-state index contributed by atoms with van der Waals surface area (Å²) in [5.41, 5.74) is 1.45. The van der Waals surface area contributed by atoms with Crippen LogP contribution in [0.25, 0.3) is 0 Å². The monoisotopic (exact) mass is 176 g/mol. The molecule has 2 heteroatoms. The van der Waals surface area contributed by atoms with Gasteiger partial charge in [0.05, 0.1) is 0 Å². The zero-order chi connectivity index (χ0) is 8.10. The Kier molecular flexibility index (Phi) is 3.59. The summed E-state index contributed by atoms with van der Waals surface area (Å²) in [6.07, 6.45) is 1.22. The number of aryl methyl sites for hydroxylation is 1. The predicted octanol–water partition coefficient (Wildman–Crippen LogP) is 2.02. The maximum absolute atomic E-state index is 3.68. The maximum atomic E-state index is 3.68. The largest absolute Gasteiger partial charge is 0.0737 e. The quantitative estimate of drug-likeness (QED) is 0.618. The molecule has 1 rings (SSSR count). The van der Waals surface area contributed by atoms with Gasteiger partial charge in [0.15, 0.2) is 0 Å². The zero-order valence-corrected chi connectivity index (χ0v) is 8.80. The average molecular weight is 176 g/mol. The van der Waals surface area contributed by atoms with E-state index in [1.807, 2.05) is 0 Å². The van der Waals surface area contributed by atoms with Gasteiger partial charge in [-0.3, -0.25) is 0 Å². The van der Waals surface area contributed by atoms with Gasteiger partial charge in [-0.15, -0.1) is 0 Å². The molecule has 0 unspecified atom stereocenters. The Morgan fingerprint density at radius 3 is 2.45 bits per heavy atom. The highest BCUT2D eigenvalue weighted by atomic mass is 29.1. The van der Waals surface area contributed by atoms with Gasteiger partial charge in [-0.05, 0) is 12.0 Å². The summed E-state index contributed by atoms with van der Waals surface area (Å²) in [6.45, 7) is 2.28. The molecule has 0 atom stereocenters. The summed E-state index contributed by atoms with van der Waals surface area (Å²) in [5.74, 6) is 0. The number of hydrogen-bond donors (Lipinski definition) is 0. The highest BCUT2D eigenvalue weighted by Crippen LogP contribution is 2.03. The van der Waals surface area contributed by atoms with E-state index >= 15 is 0 Å². The molecule has 11 heavy (non-hydrogen) atoms. The normalized spacial score (nSPS) is 10.5. The Morgan fingerprint density at radius 1 is 1.27 bits per heavy atom. The van der Waals surface area contributed by atoms with Crippen molar-refractivity contribution in [3.05, 3.63) is 35.9 Å². The molecule has 0 aromatic heterocycles. The minimum absolute atomic E-state index is 0.227. The predicted molar refractivity (Wildman–Crippen MR) is 52.3 cm³/mol. The van der Waals surface area contributed by atoms with E-state index in [1.165, 1.54) is 18.0 Å². The molecular formula is C9H12Si2. The third-order valence-corrected chi connectivity index (χ3v) is 3.38. The van der Waals surface area contributed by atoms with Crippen LogP contribution in [0.3, 0.4) is 0 Å². The van der Waals surface area contributed by atoms with Gasteiger partial charge in [-0.1, -0.05) is 42.9 Å². The van der Waals surface area contributed by atoms with E-state index in [2.05, 4.69) is 46.6 Å². The standard InChI is InChI=1S/C9H12Si2/c1-11(10)8-7-9-5-3-2-4-6-9/h2-6H,7-8H2,1H3. The van der Waals surface area contributed by atoms with Crippen molar-refractivity contribution in [3.63, 3.8) is 0 Å². The smallest absolute Gasteiger partial charge is 0.0274 e. The fourth-order valence-corrected chi connectivity index (χ4v) is 2.02. The van der Waals surface area contributed by atoms with Crippen LogP contribution in [-0.4, -0.2) is 18.1 Å². The second kappa shape index (κ2) is 4.52. The molecule has 0 aliphatic rings. The lowest BCUT2D eigenvalue weighted by Gasteiger charge is -2.01. The summed E-state index contributed by atoms with van der Waals surface area (Å²) in [7, 11) is 3.45. The van der Waals surface area contributed by atoms with Gasteiger partial charge in [0, 0.05) is 18.1 Å². The fraction of sp³-hybridized carbons (Fsp3) is 0.333. The van der Waals surface area contributed by atoms with Crippen LogP contribution >= 0.6 is 0 Å². The summed E-state index contributed by atoms with van der Waals surface area (Å²) >= 11 is 0. The molecule has 0 spiro atoms. The third-order valence-electron chi connectivity index (χ3n) is 1.63. The third kappa shape index (κ3) is 3.53. The van der Waals surface area contributed by atoms with Crippen LogP contribution in [-0.2, 0) is 6.42 Å². The minimum atomic E-state index is -0.227. The van der Waals surface area contributed by atoms with Crippen molar-refractivity contribution in [2.75, 3.05) is 0 Å². The van der Waals surface area contributed by atoms with E-state index < -0.39 is 0 Å². The highest BCUT2D eigenvalue weighted by molar-refractivity contribution is 7.02. The van der Waals surface area contributed by atoms with Gasteiger partial charge < -0.3 is 0 Å². The van der Waals surface area contributed by atoms with Crippen molar-refractivity contribution in [3.8, 4) is 0 Å². The lowest BCUT2D eigenvalue weighted by molar-refractivity contribution is 1.12. The molecule has 0 fully saturated rings. The average Bonchev–Trinajstić information content (AvgIpc) is 2.03. The molecule has 0 bridgehead atoms. The molecule has 0 nitrogen and oxygen atoms in total. The fourth-order valence-electron chi connectivity index (χ4n) is 0.977. The van der Waals surface area contributed by atoms with Crippen molar-refractivity contribution in [1.29, 1.82) is 0 Å². The van der Waals surface area contributed by atoms with Gasteiger partial charge >= 0.3 is 0 Å². The van der Waals surface area contributed by atoms with Crippen LogP contribution in [0.2, 0.25) is 12.6 Å². The molecule has 1 aromatic carbocycles. The van der Waals surface area contributed by atoms with Gasteiger partial charge in [-0.2, -0.15) is 0 Å². The molecule has 0 saturated heterocycles. The topological polar surface area (TPSA) is 0 Å². The molecule has 0 aliphatic carbocycles. The molecule has 4 radical (unpaired) electrons. The second-order valence-electron chi connectivity index (χ2n) is 2.77. The molecule has 1 aromatic rings. The number of hydrogen-bond acceptors (Lipinski definition) is 0. The van der Waals surface area contributed by atoms with Crippen molar-refractivity contribution in [1.82, 2.24) is 0 Å². The van der Waals surface area contributed by atoms with E-state index in [9.17, 15) is 0 Å². The highest BCUT2D eigenvalue weighted by Gasteiger charge is 1.96. The van der Waals surface area contributed by atoms with E-state index in [4.69, 9.17) is 0 Å². The van der Waals surface area contributed by atoms with Crippen LogP contribution in [0.5, 0.6) is 0 Å². The summed E-state index contributed by atoms with van der Waals surface area (Å²) in [6, 6.07) is 12.0. The molecule has 0 saturated carbocycles. The Labute approximate surface area is 73.5 Å². The van der Waals surface area contributed by atoms with E-state index in [-0.39, 0.29) is 8.31 Å². The van der Waals surface area contributed by atoms with Gasteiger partial charge in [0.25, 0.3) is 0 Å². The zero-order valence-electron chi connectivity index (χ0n) is 6.80. The molecule has 0 heterocycles. The molecule has 56 valence electrons. The Hall–Kier alpha value is -0.346. The first-order valence-corrected chi connectivity index (χ1v) is 7.57. The van der Waals surface area contributed by atoms with Crippen molar-refractivity contribution in [2.24, 2.45) is 0 Å². The summed E-state index contributed by atoms with van der Waals surface area (Å²) < 4.78 is 0. The second-order valence-corrected chi connectivity index (χ2v) is 7.39. The minimum Gasteiger partial charge on any atom is -0.0737 e. The van der Waals surface area contributed by atoms with Crippen molar-refractivity contribution >= 4 is 18.1 Å². The number of rotatable bonds is 3. The van der Waals surface area contributed by atoms with Crippen LogP contribution in [0, 0.1) is 0 Å². The Morgan fingerprint density at radius 2 is 1.91 bits per heavy atom. The first-order chi connectivity index (χ1) is 5.29. The Balaban J connectivity index is 2.39. The van der Waals surface area contributed by atoms with Crippen LogP contribution < -0.4 is 0 Å².